The van der Waals surface area contributed by atoms with Gasteiger partial charge in [-0.1, -0.05) is 47.0 Å². The normalized spacial score (nSPS) is 33.2. The van der Waals surface area contributed by atoms with E-state index >= 15 is 0 Å². The molecular weight excluding hydrogens is 156 g/mol. The monoisotopic (exact) mass is 180 g/mol. The smallest absolute Gasteiger partial charge is 0.0106 e. The SMILES string of the molecule is CCCCC1(C)CCC[C]C1(C)C. The van der Waals surface area contributed by atoms with Gasteiger partial charge >= 0.3 is 0 Å². The Hall–Kier alpha value is 0. The van der Waals surface area contributed by atoms with Crippen LogP contribution in [0.3, 0.4) is 0 Å². The molecule has 2 radical (unpaired) electrons. The Morgan fingerprint density at radius 3 is 2.46 bits per heavy atom. The highest BCUT2D eigenvalue weighted by molar-refractivity contribution is 5.01. The second-order valence-electron chi connectivity index (χ2n) is 5.32. The summed E-state index contributed by atoms with van der Waals surface area (Å²) < 4.78 is 0. The van der Waals surface area contributed by atoms with E-state index < -0.39 is 0 Å². The van der Waals surface area contributed by atoms with Crippen molar-refractivity contribution in [3.63, 3.8) is 0 Å². The van der Waals surface area contributed by atoms with Gasteiger partial charge < -0.3 is 0 Å². The van der Waals surface area contributed by atoms with Gasteiger partial charge in [-0.3, -0.25) is 0 Å². The van der Waals surface area contributed by atoms with Crippen molar-refractivity contribution in [3.8, 4) is 0 Å². The van der Waals surface area contributed by atoms with E-state index in [4.69, 9.17) is 0 Å². The first kappa shape index (κ1) is 11.1. The van der Waals surface area contributed by atoms with E-state index in [0.717, 1.165) is 0 Å². The van der Waals surface area contributed by atoms with Crippen LogP contribution in [-0.2, 0) is 0 Å². The predicted octanol–water partition coefficient (Wildman–Crippen LogP) is 4.47. The van der Waals surface area contributed by atoms with Crippen LogP contribution in [0.1, 0.15) is 66.2 Å². The highest BCUT2D eigenvalue weighted by Gasteiger charge is 2.42. The fourth-order valence-corrected chi connectivity index (χ4v) is 2.41. The molecule has 0 aromatic heterocycles. The molecule has 1 unspecified atom stereocenters. The Morgan fingerprint density at radius 1 is 1.23 bits per heavy atom. The molecule has 13 heavy (non-hydrogen) atoms. The van der Waals surface area contributed by atoms with Gasteiger partial charge in [-0.25, -0.2) is 0 Å². The molecule has 0 aromatic carbocycles. The van der Waals surface area contributed by atoms with Crippen LogP contribution < -0.4 is 0 Å². The first-order chi connectivity index (χ1) is 6.02. The van der Waals surface area contributed by atoms with Crippen molar-refractivity contribution >= 4 is 0 Å². The number of hydrogen-bond donors (Lipinski definition) is 0. The molecule has 1 aliphatic rings. The van der Waals surface area contributed by atoms with Crippen LogP contribution in [0.25, 0.3) is 0 Å². The highest BCUT2D eigenvalue weighted by Crippen LogP contribution is 2.52. The van der Waals surface area contributed by atoms with Crippen LogP contribution >= 0.6 is 0 Å². The molecule has 0 aliphatic heterocycles. The molecule has 1 atom stereocenters. The quantitative estimate of drug-likeness (QED) is 0.601. The molecule has 76 valence electrons. The average molecular weight is 180 g/mol. The van der Waals surface area contributed by atoms with Gasteiger partial charge in [0.05, 0.1) is 0 Å². The van der Waals surface area contributed by atoms with E-state index in [1.54, 1.807) is 0 Å². The fraction of sp³-hybridized carbons (Fsp3) is 0.923. The first-order valence-corrected chi connectivity index (χ1v) is 5.77. The minimum atomic E-state index is 0.334. The van der Waals surface area contributed by atoms with Crippen LogP contribution in [-0.4, -0.2) is 0 Å². The van der Waals surface area contributed by atoms with Crippen molar-refractivity contribution in [1.29, 1.82) is 0 Å². The number of hydrogen-bond acceptors (Lipinski definition) is 0. The summed E-state index contributed by atoms with van der Waals surface area (Å²) in [6, 6.07) is 0. The van der Waals surface area contributed by atoms with Gasteiger partial charge in [-0.2, -0.15) is 0 Å². The standard InChI is InChI=1S/C13H24/c1-5-6-10-13(4)11-8-7-9-12(13,2)3/h5-8,10-11H2,1-4H3. The van der Waals surface area contributed by atoms with Crippen molar-refractivity contribution in [2.24, 2.45) is 10.8 Å². The predicted molar refractivity (Wildman–Crippen MR) is 58.5 cm³/mol. The summed E-state index contributed by atoms with van der Waals surface area (Å²) in [6.45, 7) is 9.46. The summed E-state index contributed by atoms with van der Waals surface area (Å²) in [5, 5.41) is 0. The highest BCUT2D eigenvalue weighted by atomic mass is 14.5. The third-order valence-electron chi connectivity index (χ3n) is 4.06. The van der Waals surface area contributed by atoms with E-state index in [0.29, 0.717) is 10.8 Å². The lowest BCUT2D eigenvalue weighted by molar-refractivity contribution is 0.0661. The maximum Gasteiger partial charge on any atom is -0.0106 e. The first-order valence-electron chi connectivity index (χ1n) is 5.77. The number of unbranched alkanes of at least 4 members (excludes halogenated alkanes) is 1. The van der Waals surface area contributed by atoms with Gasteiger partial charge in [0.1, 0.15) is 0 Å². The summed E-state index contributed by atoms with van der Waals surface area (Å²) in [5.41, 5.74) is 0.849. The zero-order valence-corrected chi connectivity index (χ0v) is 9.74. The largest absolute Gasteiger partial charge is 0.0654 e. The fourth-order valence-electron chi connectivity index (χ4n) is 2.41. The molecule has 0 amide bonds. The van der Waals surface area contributed by atoms with Gasteiger partial charge in [-0.15, -0.1) is 0 Å². The maximum absolute atomic E-state index is 3.66. The molecule has 0 aromatic rings. The number of rotatable bonds is 3. The lowest BCUT2D eigenvalue weighted by Gasteiger charge is -2.48. The summed E-state index contributed by atoms with van der Waals surface area (Å²) in [5.74, 6) is 0. The molecule has 0 bridgehead atoms. The Labute approximate surface area is 84.1 Å². The van der Waals surface area contributed by atoms with Gasteiger partial charge in [0.25, 0.3) is 0 Å². The van der Waals surface area contributed by atoms with E-state index in [1.807, 2.05) is 0 Å². The molecule has 0 spiro atoms. The van der Waals surface area contributed by atoms with Gasteiger partial charge in [-0.05, 0) is 36.5 Å². The molecular formula is C13H24. The third kappa shape index (κ3) is 2.27. The topological polar surface area (TPSA) is 0 Å². The van der Waals surface area contributed by atoms with Gasteiger partial charge in [0.15, 0.2) is 0 Å². The molecule has 0 nitrogen and oxygen atoms in total. The lowest BCUT2D eigenvalue weighted by atomic mass is 9.57. The van der Waals surface area contributed by atoms with Crippen LogP contribution in [0.2, 0.25) is 0 Å². The molecule has 0 heterocycles. The molecule has 0 heteroatoms. The Morgan fingerprint density at radius 2 is 1.92 bits per heavy atom. The molecule has 1 fully saturated rings. The summed E-state index contributed by atoms with van der Waals surface area (Å²) in [6.07, 6.45) is 11.7. The van der Waals surface area contributed by atoms with E-state index in [2.05, 4.69) is 34.1 Å². The van der Waals surface area contributed by atoms with Crippen molar-refractivity contribution in [2.45, 2.75) is 66.2 Å². The zero-order valence-electron chi connectivity index (χ0n) is 9.74. The molecule has 1 saturated carbocycles. The minimum Gasteiger partial charge on any atom is -0.0654 e. The van der Waals surface area contributed by atoms with Crippen LogP contribution in [0.4, 0.5) is 0 Å². The van der Waals surface area contributed by atoms with Crippen molar-refractivity contribution in [2.75, 3.05) is 0 Å². The maximum atomic E-state index is 3.66. The molecule has 0 saturated heterocycles. The second-order valence-corrected chi connectivity index (χ2v) is 5.32. The second kappa shape index (κ2) is 4.02. The summed E-state index contributed by atoms with van der Waals surface area (Å²) in [4.78, 5) is 0. The third-order valence-corrected chi connectivity index (χ3v) is 4.06. The van der Waals surface area contributed by atoms with Crippen molar-refractivity contribution in [3.05, 3.63) is 6.42 Å². The summed E-state index contributed by atoms with van der Waals surface area (Å²) >= 11 is 0. The average Bonchev–Trinajstić information content (AvgIpc) is 2.07. The Bertz CT molecular complexity index is 157. The van der Waals surface area contributed by atoms with Crippen LogP contribution in [0, 0.1) is 17.3 Å². The van der Waals surface area contributed by atoms with Gasteiger partial charge in [0, 0.05) is 0 Å². The van der Waals surface area contributed by atoms with Crippen molar-refractivity contribution in [1.82, 2.24) is 0 Å². The molecule has 0 N–H and O–H groups in total. The van der Waals surface area contributed by atoms with Crippen LogP contribution in [0.15, 0.2) is 0 Å². The van der Waals surface area contributed by atoms with Crippen molar-refractivity contribution < 1.29 is 0 Å². The van der Waals surface area contributed by atoms with E-state index in [-0.39, 0.29) is 0 Å². The van der Waals surface area contributed by atoms with Crippen LogP contribution in [0.5, 0.6) is 0 Å². The van der Waals surface area contributed by atoms with E-state index in [9.17, 15) is 0 Å². The minimum absolute atomic E-state index is 0.334. The Balaban J connectivity index is 2.60. The van der Waals surface area contributed by atoms with E-state index in [1.165, 1.54) is 38.5 Å². The van der Waals surface area contributed by atoms with Gasteiger partial charge in [0.2, 0.25) is 0 Å². The zero-order chi connectivity index (χ0) is 9.95. The Kier molecular flexibility index (Phi) is 3.43. The lowest BCUT2D eigenvalue weighted by Crippen LogP contribution is -2.38. The summed E-state index contributed by atoms with van der Waals surface area (Å²) in [7, 11) is 0. The molecule has 1 rings (SSSR count). The molecule has 1 aliphatic carbocycles.